The lowest BCUT2D eigenvalue weighted by atomic mass is 10.2. The van der Waals surface area contributed by atoms with E-state index in [0.717, 1.165) is 24.5 Å². The molecule has 10 heteroatoms. The van der Waals surface area contributed by atoms with Crippen molar-refractivity contribution in [2.45, 2.75) is 25.7 Å². The van der Waals surface area contributed by atoms with E-state index in [1.807, 2.05) is 19.1 Å². The Morgan fingerprint density at radius 3 is 2.86 bits per heavy atom. The number of rotatable bonds is 6. The first kappa shape index (κ1) is 20.8. The second kappa shape index (κ2) is 9.08. The van der Waals surface area contributed by atoms with Gasteiger partial charge in [0.15, 0.2) is 6.61 Å². The van der Waals surface area contributed by atoms with E-state index in [9.17, 15) is 18.0 Å². The van der Waals surface area contributed by atoms with Crippen molar-refractivity contribution in [3.8, 4) is 5.88 Å². The average molecular weight is 410 g/mol. The number of halogens is 3. The summed E-state index contributed by atoms with van der Waals surface area (Å²) >= 11 is 0. The summed E-state index contributed by atoms with van der Waals surface area (Å²) in [7, 11) is 0. The van der Waals surface area contributed by atoms with Crippen molar-refractivity contribution in [3.63, 3.8) is 0 Å². The minimum atomic E-state index is -4.52. The van der Waals surface area contributed by atoms with Gasteiger partial charge in [0.2, 0.25) is 5.88 Å². The summed E-state index contributed by atoms with van der Waals surface area (Å²) < 4.78 is 47.2. The maximum Gasteiger partial charge on any atom is 0.422 e. The molecule has 1 aliphatic heterocycles. The molecule has 0 saturated carbocycles. The minimum absolute atomic E-state index is 0.0661. The van der Waals surface area contributed by atoms with Crippen molar-refractivity contribution in [1.82, 2.24) is 15.3 Å². The molecule has 1 atom stereocenters. The van der Waals surface area contributed by atoms with Crippen LogP contribution < -0.4 is 15.0 Å². The molecule has 0 bridgehead atoms. The van der Waals surface area contributed by atoms with E-state index >= 15 is 0 Å². The molecule has 156 valence electrons. The van der Waals surface area contributed by atoms with Crippen molar-refractivity contribution >= 4 is 11.7 Å². The highest BCUT2D eigenvalue weighted by Crippen LogP contribution is 2.20. The molecule has 1 amide bonds. The number of ether oxygens (including phenoxy) is 2. The fraction of sp³-hybridized carbons (Fsp3) is 0.421. The summed E-state index contributed by atoms with van der Waals surface area (Å²) in [4.78, 5) is 22.6. The Hall–Kier alpha value is -2.88. The fourth-order valence-electron chi connectivity index (χ4n) is 2.84. The lowest BCUT2D eigenvalue weighted by molar-refractivity contribution is -0.154. The molecule has 2 aromatic rings. The maximum atomic E-state index is 12.4. The summed E-state index contributed by atoms with van der Waals surface area (Å²) in [5, 5.41) is 2.65. The number of alkyl halides is 3. The van der Waals surface area contributed by atoms with E-state index < -0.39 is 18.7 Å². The molecule has 1 saturated heterocycles. The zero-order valence-electron chi connectivity index (χ0n) is 15.8. The predicted molar refractivity (Wildman–Crippen MR) is 98.8 cm³/mol. The number of carbonyl (C=O) groups is 1. The van der Waals surface area contributed by atoms with E-state index in [2.05, 4.69) is 24.9 Å². The molecule has 3 rings (SSSR count). The van der Waals surface area contributed by atoms with Gasteiger partial charge in [0.05, 0.1) is 12.7 Å². The van der Waals surface area contributed by atoms with Gasteiger partial charge in [-0.2, -0.15) is 13.2 Å². The van der Waals surface area contributed by atoms with Gasteiger partial charge in [0.25, 0.3) is 5.91 Å². The lowest BCUT2D eigenvalue weighted by Gasteiger charge is -2.32. The Morgan fingerprint density at radius 1 is 1.34 bits per heavy atom. The number of aromatic nitrogens is 2. The second-order valence-corrected chi connectivity index (χ2v) is 6.59. The molecule has 0 aromatic carbocycles. The van der Waals surface area contributed by atoms with Gasteiger partial charge in [-0.3, -0.25) is 4.79 Å². The van der Waals surface area contributed by atoms with E-state index in [-0.39, 0.29) is 24.1 Å². The van der Waals surface area contributed by atoms with E-state index in [4.69, 9.17) is 4.74 Å². The highest BCUT2D eigenvalue weighted by Gasteiger charge is 2.29. The van der Waals surface area contributed by atoms with Crippen LogP contribution in [0.3, 0.4) is 0 Å². The molecule has 1 fully saturated rings. The normalized spacial score (nSPS) is 17.1. The highest BCUT2D eigenvalue weighted by molar-refractivity contribution is 5.96. The van der Waals surface area contributed by atoms with Crippen LogP contribution in [-0.4, -0.2) is 54.5 Å². The van der Waals surface area contributed by atoms with Crippen molar-refractivity contribution in [2.75, 3.05) is 31.2 Å². The van der Waals surface area contributed by atoms with Crippen LogP contribution in [0.4, 0.5) is 19.0 Å². The molecular weight excluding hydrogens is 389 g/mol. The predicted octanol–water partition coefficient (Wildman–Crippen LogP) is 2.57. The van der Waals surface area contributed by atoms with E-state index in [1.54, 1.807) is 6.20 Å². The third kappa shape index (κ3) is 6.05. The SMILES string of the molecule is CC1CN(c2ccc(CNC(=O)c3cccnc3OCC(F)(F)F)cn2)CCO1. The molecule has 1 N–H and O–H groups in total. The summed E-state index contributed by atoms with van der Waals surface area (Å²) in [6.45, 7) is 2.81. The molecule has 1 aliphatic rings. The Balaban J connectivity index is 1.58. The Labute approximate surface area is 165 Å². The number of nitrogens with one attached hydrogen (secondary N) is 1. The zero-order chi connectivity index (χ0) is 20.9. The lowest BCUT2D eigenvalue weighted by Crippen LogP contribution is -2.41. The van der Waals surface area contributed by atoms with Gasteiger partial charge in [0.1, 0.15) is 11.4 Å². The van der Waals surface area contributed by atoms with Crippen molar-refractivity contribution in [1.29, 1.82) is 0 Å². The van der Waals surface area contributed by atoms with Gasteiger partial charge in [-0.25, -0.2) is 9.97 Å². The largest absolute Gasteiger partial charge is 0.467 e. The highest BCUT2D eigenvalue weighted by atomic mass is 19.4. The van der Waals surface area contributed by atoms with Crippen LogP contribution in [0.25, 0.3) is 0 Å². The van der Waals surface area contributed by atoms with E-state index in [1.165, 1.54) is 18.3 Å². The topological polar surface area (TPSA) is 76.6 Å². The number of pyridine rings is 2. The van der Waals surface area contributed by atoms with Gasteiger partial charge in [0, 0.05) is 32.0 Å². The Kier molecular flexibility index (Phi) is 6.53. The van der Waals surface area contributed by atoms with Crippen molar-refractivity contribution in [3.05, 3.63) is 47.8 Å². The van der Waals surface area contributed by atoms with Crippen LogP contribution in [-0.2, 0) is 11.3 Å². The van der Waals surface area contributed by atoms with Gasteiger partial charge in [-0.05, 0) is 30.7 Å². The summed E-state index contributed by atoms with van der Waals surface area (Å²) in [5.41, 5.74) is 0.689. The smallest absolute Gasteiger partial charge is 0.422 e. The summed E-state index contributed by atoms with van der Waals surface area (Å²) in [5.74, 6) is -0.121. The molecule has 0 radical (unpaired) electrons. The van der Waals surface area contributed by atoms with E-state index in [0.29, 0.717) is 6.61 Å². The number of carbonyl (C=O) groups excluding carboxylic acids is 1. The summed E-state index contributed by atoms with van der Waals surface area (Å²) in [6, 6.07) is 6.51. The van der Waals surface area contributed by atoms with Crippen LogP contribution in [0.1, 0.15) is 22.8 Å². The molecule has 1 unspecified atom stereocenters. The average Bonchev–Trinajstić information content (AvgIpc) is 2.70. The van der Waals surface area contributed by atoms with Gasteiger partial charge >= 0.3 is 6.18 Å². The number of amides is 1. The molecule has 7 nitrogen and oxygen atoms in total. The first-order valence-electron chi connectivity index (χ1n) is 9.06. The van der Waals surface area contributed by atoms with Crippen LogP contribution >= 0.6 is 0 Å². The molecular formula is C19H21F3N4O3. The first-order chi connectivity index (χ1) is 13.8. The number of hydrogen-bond acceptors (Lipinski definition) is 6. The molecule has 29 heavy (non-hydrogen) atoms. The van der Waals surface area contributed by atoms with Gasteiger partial charge in [-0.1, -0.05) is 6.07 Å². The summed E-state index contributed by atoms with van der Waals surface area (Å²) in [6.07, 6.45) is -1.47. The molecule has 3 heterocycles. The quantitative estimate of drug-likeness (QED) is 0.789. The van der Waals surface area contributed by atoms with Crippen molar-refractivity contribution in [2.24, 2.45) is 0 Å². The second-order valence-electron chi connectivity index (χ2n) is 6.59. The Morgan fingerprint density at radius 2 is 2.17 bits per heavy atom. The zero-order valence-corrected chi connectivity index (χ0v) is 15.8. The van der Waals surface area contributed by atoms with Gasteiger partial charge in [-0.15, -0.1) is 0 Å². The number of nitrogens with zero attached hydrogens (tertiary/aromatic N) is 3. The molecule has 0 spiro atoms. The van der Waals surface area contributed by atoms with Gasteiger partial charge < -0.3 is 19.7 Å². The third-order valence-corrected chi connectivity index (χ3v) is 4.22. The third-order valence-electron chi connectivity index (χ3n) is 4.22. The number of anilines is 1. The van der Waals surface area contributed by atoms with Crippen LogP contribution in [0.2, 0.25) is 0 Å². The molecule has 2 aromatic heterocycles. The van der Waals surface area contributed by atoms with Crippen molar-refractivity contribution < 1.29 is 27.4 Å². The molecule has 0 aliphatic carbocycles. The fourth-order valence-corrected chi connectivity index (χ4v) is 2.84. The standard InChI is InChI=1S/C19H21F3N4O3/c1-13-11-26(7-8-28-13)16-5-4-14(9-24-16)10-25-17(27)15-3-2-6-23-18(15)29-12-19(20,21)22/h2-6,9,13H,7-8,10-12H2,1H3,(H,25,27). The number of hydrogen-bond donors (Lipinski definition) is 1. The van der Waals surface area contributed by atoms with Crippen LogP contribution in [0.15, 0.2) is 36.7 Å². The van der Waals surface area contributed by atoms with Crippen LogP contribution in [0, 0.1) is 0 Å². The minimum Gasteiger partial charge on any atom is -0.467 e. The van der Waals surface area contributed by atoms with Crippen LogP contribution in [0.5, 0.6) is 5.88 Å². The monoisotopic (exact) mass is 410 g/mol. The first-order valence-corrected chi connectivity index (χ1v) is 9.06. The number of morpholine rings is 1. The maximum absolute atomic E-state index is 12.4. The Bertz CT molecular complexity index is 830.